The van der Waals surface area contributed by atoms with E-state index in [4.69, 9.17) is 5.11 Å². The minimum atomic E-state index is -1.29. The second-order valence-corrected chi connectivity index (χ2v) is 6.52. The molecule has 0 radical (unpaired) electrons. The van der Waals surface area contributed by atoms with E-state index in [1.165, 1.54) is 25.0 Å². The quantitative estimate of drug-likeness (QED) is 0.618. The predicted molar refractivity (Wildman–Crippen MR) is 83.3 cm³/mol. The van der Waals surface area contributed by atoms with Gasteiger partial charge in [0.1, 0.15) is 5.56 Å². The fourth-order valence-electron chi connectivity index (χ4n) is 2.71. The van der Waals surface area contributed by atoms with E-state index in [0.29, 0.717) is 5.69 Å². The molecule has 0 heterocycles. The number of hydrogen-bond acceptors (Lipinski definition) is 5. The first-order chi connectivity index (χ1) is 9.97. The minimum Gasteiger partial charge on any atom is -0.477 e. The molecule has 1 saturated carbocycles. The SMILES string of the molecule is CSC1(CNc2ccc(C(=O)O)c([N+](=O)[O-])c2)CCCC1. The number of nitrogens with zero attached hydrogens (tertiary/aromatic N) is 1. The first-order valence-electron chi connectivity index (χ1n) is 6.78. The smallest absolute Gasteiger partial charge is 0.342 e. The van der Waals surface area contributed by atoms with Crippen LogP contribution in [0.2, 0.25) is 0 Å². The predicted octanol–water partition coefficient (Wildman–Crippen LogP) is 3.38. The number of nitro groups is 1. The Bertz CT molecular complexity index is 556. The van der Waals surface area contributed by atoms with E-state index in [0.717, 1.165) is 19.4 Å². The van der Waals surface area contributed by atoms with Crippen LogP contribution in [0.5, 0.6) is 0 Å². The molecule has 0 aliphatic heterocycles. The standard InChI is InChI=1S/C14H18N2O4S/c1-21-14(6-2-3-7-14)9-15-10-4-5-11(13(17)18)12(8-10)16(19)20/h4-5,8,15H,2-3,6-7,9H2,1H3,(H,17,18). The number of hydrogen-bond donors (Lipinski definition) is 2. The zero-order valence-electron chi connectivity index (χ0n) is 11.8. The Morgan fingerprint density at radius 3 is 2.67 bits per heavy atom. The van der Waals surface area contributed by atoms with Crippen LogP contribution < -0.4 is 5.32 Å². The van der Waals surface area contributed by atoms with Crippen molar-refractivity contribution in [2.75, 3.05) is 18.1 Å². The Balaban J connectivity index is 2.15. The molecule has 1 aliphatic rings. The largest absolute Gasteiger partial charge is 0.477 e. The Morgan fingerprint density at radius 2 is 2.14 bits per heavy atom. The number of carbonyl (C=O) groups is 1. The number of carboxylic acid groups (broad SMARTS) is 1. The highest BCUT2D eigenvalue weighted by molar-refractivity contribution is 8.00. The van der Waals surface area contributed by atoms with Crippen LogP contribution in [-0.4, -0.2) is 33.5 Å². The summed E-state index contributed by atoms with van der Waals surface area (Å²) < 4.78 is 0.181. The van der Waals surface area contributed by atoms with Gasteiger partial charge < -0.3 is 10.4 Å². The van der Waals surface area contributed by atoms with Gasteiger partial charge in [-0.2, -0.15) is 11.8 Å². The van der Waals surface area contributed by atoms with Crippen molar-refractivity contribution in [1.82, 2.24) is 0 Å². The maximum absolute atomic E-state index is 11.0. The Morgan fingerprint density at radius 1 is 1.48 bits per heavy atom. The van der Waals surface area contributed by atoms with Crippen LogP contribution in [-0.2, 0) is 0 Å². The van der Waals surface area contributed by atoms with Crippen molar-refractivity contribution in [3.05, 3.63) is 33.9 Å². The van der Waals surface area contributed by atoms with Crippen LogP contribution in [0.1, 0.15) is 36.0 Å². The van der Waals surface area contributed by atoms with Crippen molar-refractivity contribution in [3.63, 3.8) is 0 Å². The van der Waals surface area contributed by atoms with Gasteiger partial charge in [0.15, 0.2) is 0 Å². The molecule has 1 aliphatic carbocycles. The molecule has 0 atom stereocenters. The maximum Gasteiger partial charge on any atom is 0.342 e. The van der Waals surface area contributed by atoms with Crippen molar-refractivity contribution in [2.24, 2.45) is 0 Å². The van der Waals surface area contributed by atoms with E-state index in [9.17, 15) is 14.9 Å². The highest BCUT2D eigenvalue weighted by atomic mass is 32.2. The zero-order chi connectivity index (χ0) is 15.5. The van der Waals surface area contributed by atoms with Gasteiger partial charge in [-0.1, -0.05) is 12.8 Å². The minimum absolute atomic E-state index is 0.181. The Hall–Kier alpha value is -1.76. The summed E-state index contributed by atoms with van der Waals surface area (Å²) in [5, 5.41) is 23.1. The highest BCUT2D eigenvalue weighted by Gasteiger charge is 2.32. The number of thioether (sulfide) groups is 1. The molecule has 0 unspecified atom stereocenters. The molecule has 1 aromatic rings. The van der Waals surface area contributed by atoms with Gasteiger partial charge in [0.25, 0.3) is 5.69 Å². The van der Waals surface area contributed by atoms with Crippen LogP contribution in [0, 0.1) is 10.1 Å². The summed E-state index contributed by atoms with van der Waals surface area (Å²) in [6.45, 7) is 0.734. The van der Waals surface area contributed by atoms with E-state index >= 15 is 0 Å². The number of aromatic carboxylic acids is 1. The average molecular weight is 310 g/mol. The summed E-state index contributed by atoms with van der Waals surface area (Å²) >= 11 is 1.83. The van der Waals surface area contributed by atoms with Gasteiger partial charge in [-0.25, -0.2) is 4.79 Å². The second-order valence-electron chi connectivity index (χ2n) is 5.24. The van der Waals surface area contributed by atoms with E-state index in [1.54, 1.807) is 6.07 Å². The van der Waals surface area contributed by atoms with Crippen molar-refractivity contribution < 1.29 is 14.8 Å². The fourth-order valence-corrected chi connectivity index (χ4v) is 3.62. The van der Waals surface area contributed by atoms with Gasteiger partial charge in [0, 0.05) is 23.0 Å². The van der Waals surface area contributed by atoms with Gasteiger partial charge in [-0.3, -0.25) is 10.1 Å². The summed E-state index contributed by atoms with van der Waals surface area (Å²) in [5.74, 6) is -1.29. The third kappa shape index (κ3) is 3.47. The molecule has 0 aromatic heterocycles. The highest BCUT2D eigenvalue weighted by Crippen LogP contribution is 2.40. The topological polar surface area (TPSA) is 92.5 Å². The molecular weight excluding hydrogens is 292 g/mol. The molecule has 114 valence electrons. The van der Waals surface area contributed by atoms with Crippen LogP contribution in [0.15, 0.2) is 18.2 Å². The van der Waals surface area contributed by atoms with Crippen LogP contribution in [0.4, 0.5) is 11.4 Å². The third-order valence-corrected chi connectivity index (χ3v) is 5.41. The van der Waals surface area contributed by atoms with Crippen molar-refractivity contribution >= 4 is 29.1 Å². The van der Waals surface area contributed by atoms with E-state index in [-0.39, 0.29) is 16.0 Å². The van der Waals surface area contributed by atoms with Crippen LogP contribution in [0.3, 0.4) is 0 Å². The van der Waals surface area contributed by atoms with Gasteiger partial charge in [-0.15, -0.1) is 0 Å². The molecule has 0 spiro atoms. The van der Waals surface area contributed by atoms with Gasteiger partial charge >= 0.3 is 5.97 Å². The maximum atomic E-state index is 11.0. The lowest BCUT2D eigenvalue weighted by Crippen LogP contribution is -2.30. The molecular formula is C14H18N2O4S. The van der Waals surface area contributed by atoms with E-state index < -0.39 is 10.9 Å². The zero-order valence-corrected chi connectivity index (χ0v) is 12.6. The summed E-state index contributed by atoms with van der Waals surface area (Å²) in [5.41, 5.74) is -0.0739. The van der Waals surface area contributed by atoms with Crippen molar-refractivity contribution in [1.29, 1.82) is 0 Å². The number of nitro benzene ring substituents is 1. The molecule has 21 heavy (non-hydrogen) atoms. The Kier molecular flexibility index (Phi) is 4.72. The normalized spacial score (nSPS) is 16.6. The van der Waals surface area contributed by atoms with Gasteiger partial charge in [0.2, 0.25) is 0 Å². The number of anilines is 1. The van der Waals surface area contributed by atoms with E-state index in [2.05, 4.69) is 11.6 Å². The molecule has 0 bridgehead atoms. The molecule has 1 fully saturated rings. The van der Waals surface area contributed by atoms with Crippen molar-refractivity contribution in [2.45, 2.75) is 30.4 Å². The van der Waals surface area contributed by atoms with Crippen LogP contribution >= 0.6 is 11.8 Å². The number of carboxylic acids is 1. The molecule has 0 saturated heterocycles. The first kappa shape index (κ1) is 15.6. The fraction of sp³-hybridized carbons (Fsp3) is 0.500. The summed E-state index contributed by atoms with van der Waals surface area (Å²) in [4.78, 5) is 21.3. The number of nitrogens with one attached hydrogen (secondary N) is 1. The van der Waals surface area contributed by atoms with E-state index in [1.807, 2.05) is 11.8 Å². The molecule has 2 N–H and O–H groups in total. The molecule has 1 aromatic carbocycles. The van der Waals surface area contributed by atoms with Gasteiger partial charge in [-0.05, 0) is 31.2 Å². The summed E-state index contributed by atoms with van der Waals surface area (Å²) in [6, 6.07) is 4.16. The number of benzene rings is 1. The lowest BCUT2D eigenvalue weighted by molar-refractivity contribution is -0.385. The Labute approximate surface area is 127 Å². The van der Waals surface area contributed by atoms with Crippen molar-refractivity contribution in [3.8, 4) is 0 Å². The molecule has 6 nitrogen and oxygen atoms in total. The van der Waals surface area contributed by atoms with Crippen LogP contribution in [0.25, 0.3) is 0 Å². The molecule has 0 amide bonds. The third-order valence-electron chi connectivity index (χ3n) is 3.99. The van der Waals surface area contributed by atoms with Gasteiger partial charge in [0.05, 0.1) is 4.92 Å². The average Bonchev–Trinajstić information content (AvgIpc) is 2.94. The number of rotatable bonds is 6. The second kappa shape index (κ2) is 6.34. The summed E-state index contributed by atoms with van der Waals surface area (Å²) in [7, 11) is 0. The molecule has 2 rings (SSSR count). The monoisotopic (exact) mass is 310 g/mol. The lowest BCUT2D eigenvalue weighted by atomic mass is 10.1. The lowest BCUT2D eigenvalue weighted by Gasteiger charge is -2.27. The summed E-state index contributed by atoms with van der Waals surface area (Å²) in [6.07, 6.45) is 6.77. The molecule has 7 heteroatoms. The first-order valence-corrected chi connectivity index (χ1v) is 8.01.